The molecule has 2 aliphatic rings. The lowest BCUT2D eigenvalue weighted by molar-refractivity contribution is -0.152. The van der Waals surface area contributed by atoms with Crippen molar-refractivity contribution >= 4 is 5.91 Å². The highest BCUT2D eigenvalue weighted by Gasteiger charge is 2.41. The van der Waals surface area contributed by atoms with E-state index in [0.29, 0.717) is 12.1 Å². The summed E-state index contributed by atoms with van der Waals surface area (Å²) in [5.41, 5.74) is -0.559. The third-order valence-corrected chi connectivity index (χ3v) is 3.52. The zero-order chi connectivity index (χ0) is 11.8. The fourth-order valence-electron chi connectivity index (χ4n) is 2.77. The maximum absolute atomic E-state index is 12.4. The fourth-order valence-corrected chi connectivity index (χ4v) is 2.77. The molecule has 4 heteroatoms. The third kappa shape index (κ3) is 2.23. The first kappa shape index (κ1) is 11.9. The van der Waals surface area contributed by atoms with Gasteiger partial charge in [-0.05, 0) is 33.6 Å². The van der Waals surface area contributed by atoms with Crippen LogP contribution >= 0.6 is 0 Å². The highest BCUT2D eigenvalue weighted by Crippen LogP contribution is 2.27. The molecular weight excluding hydrogens is 204 g/mol. The number of hydrogen-bond acceptors (Lipinski definition) is 3. The topological polar surface area (TPSA) is 41.6 Å². The Bertz CT molecular complexity index is 264. The van der Waals surface area contributed by atoms with Crippen molar-refractivity contribution < 1.29 is 9.53 Å². The molecule has 2 heterocycles. The van der Waals surface area contributed by atoms with Crippen molar-refractivity contribution in [3.05, 3.63) is 0 Å². The predicted octanol–water partition coefficient (Wildman–Crippen LogP) is 0.764. The summed E-state index contributed by atoms with van der Waals surface area (Å²) in [5.74, 6) is 0.171. The molecule has 2 saturated heterocycles. The maximum atomic E-state index is 12.4. The van der Waals surface area contributed by atoms with Gasteiger partial charge in [0.2, 0.25) is 0 Å². The number of carbonyl (C=O) groups is 1. The van der Waals surface area contributed by atoms with E-state index < -0.39 is 5.60 Å². The monoisotopic (exact) mass is 226 g/mol. The zero-order valence-electron chi connectivity index (χ0n) is 10.5. The van der Waals surface area contributed by atoms with E-state index in [1.165, 1.54) is 0 Å². The predicted molar refractivity (Wildman–Crippen MR) is 62.2 cm³/mol. The normalized spacial score (nSPS) is 40.1. The molecule has 0 aliphatic carbocycles. The smallest absolute Gasteiger partial charge is 0.254 e. The van der Waals surface area contributed by atoms with Crippen LogP contribution in [0, 0.1) is 0 Å². The number of nitrogens with one attached hydrogen (secondary N) is 1. The Labute approximate surface area is 97.3 Å². The summed E-state index contributed by atoms with van der Waals surface area (Å²) in [7, 11) is 0. The number of amides is 1. The molecule has 92 valence electrons. The van der Waals surface area contributed by atoms with Gasteiger partial charge in [0.15, 0.2) is 0 Å². The van der Waals surface area contributed by atoms with E-state index in [1.807, 2.05) is 11.8 Å². The quantitative estimate of drug-likeness (QED) is 0.718. The van der Waals surface area contributed by atoms with E-state index in [-0.39, 0.29) is 5.91 Å². The minimum absolute atomic E-state index is 0.171. The van der Waals surface area contributed by atoms with Crippen molar-refractivity contribution in [1.82, 2.24) is 10.2 Å². The molecule has 1 amide bonds. The van der Waals surface area contributed by atoms with Crippen LogP contribution in [0.3, 0.4) is 0 Å². The Morgan fingerprint density at radius 1 is 1.38 bits per heavy atom. The van der Waals surface area contributed by atoms with E-state index in [1.54, 1.807) is 0 Å². The Balaban J connectivity index is 2.03. The van der Waals surface area contributed by atoms with E-state index in [2.05, 4.69) is 19.2 Å². The highest BCUT2D eigenvalue weighted by atomic mass is 16.5. The summed E-state index contributed by atoms with van der Waals surface area (Å²) in [6, 6.07) is 0.746. The van der Waals surface area contributed by atoms with E-state index in [4.69, 9.17) is 4.74 Å². The zero-order valence-corrected chi connectivity index (χ0v) is 10.5. The average Bonchev–Trinajstić information content (AvgIpc) is 2.64. The molecule has 0 saturated carbocycles. The number of nitrogens with zero attached hydrogens (tertiary/aromatic N) is 1. The van der Waals surface area contributed by atoms with E-state index >= 15 is 0 Å². The number of hydrogen-bond donors (Lipinski definition) is 1. The Morgan fingerprint density at radius 2 is 2.00 bits per heavy atom. The molecule has 2 rings (SSSR count). The highest BCUT2D eigenvalue weighted by molar-refractivity contribution is 5.85. The van der Waals surface area contributed by atoms with Crippen LogP contribution < -0.4 is 5.32 Å². The summed E-state index contributed by atoms with van der Waals surface area (Å²) >= 11 is 0. The number of carbonyl (C=O) groups excluding carboxylic acids is 1. The van der Waals surface area contributed by atoms with Gasteiger partial charge in [0.25, 0.3) is 5.91 Å². The van der Waals surface area contributed by atoms with Gasteiger partial charge in [-0.1, -0.05) is 0 Å². The first-order chi connectivity index (χ1) is 7.51. The molecule has 2 aliphatic heterocycles. The number of rotatable bonds is 1. The first-order valence-corrected chi connectivity index (χ1v) is 6.21. The minimum Gasteiger partial charge on any atom is -0.365 e. The molecule has 2 fully saturated rings. The summed E-state index contributed by atoms with van der Waals surface area (Å²) in [5, 5.41) is 3.43. The van der Waals surface area contributed by atoms with Crippen molar-refractivity contribution in [3.63, 3.8) is 0 Å². The van der Waals surface area contributed by atoms with Crippen molar-refractivity contribution in [2.75, 3.05) is 19.7 Å². The van der Waals surface area contributed by atoms with Crippen molar-refractivity contribution in [2.45, 2.75) is 51.3 Å². The lowest BCUT2D eigenvalue weighted by Gasteiger charge is -2.39. The summed E-state index contributed by atoms with van der Waals surface area (Å²) < 4.78 is 5.61. The molecule has 0 aromatic heterocycles. The van der Waals surface area contributed by atoms with Gasteiger partial charge in [-0.15, -0.1) is 0 Å². The second-order valence-electron chi connectivity index (χ2n) is 5.36. The molecule has 4 nitrogen and oxygen atoms in total. The van der Waals surface area contributed by atoms with Crippen LogP contribution in [-0.2, 0) is 9.53 Å². The third-order valence-electron chi connectivity index (χ3n) is 3.52. The molecule has 16 heavy (non-hydrogen) atoms. The van der Waals surface area contributed by atoms with Crippen molar-refractivity contribution in [2.24, 2.45) is 0 Å². The number of ether oxygens (including phenoxy) is 1. The van der Waals surface area contributed by atoms with Gasteiger partial charge < -0.3 is 15.0 Å². The van der Waals surface area contributed by atoms with E-state index in [0.717, 1.165) is 32.5 Å². The van der Waals surface area contributed by atoms with Gasteiger partial charge in [0, 0.05) is 31.8 Å². The second-order valence-corrected chi connectivity index (χ2v) is 5.36. The van der Waals surface area contributed by atoms with Crippen LogP contribution in [-0.4, -0.2) is 48.2 Å². The SMILES string of the molecule is CC1CN(C(=O)C2(C)CCCO2)CC(C)N1. The molecule has 0 spiro atoms. The van der Waals surface area contributed by atoms with Crippen molar-refractivity contribution in [1.29, 1.82) is 0 Å². The largest absolute Gasteiger partial charge is 0.365 e. The lowest BCUT2D eigenvalue weighted by Crippen LogP contribution is -2.59. The van der Waals surface area contributed by atoms with Crippen molar-refractivity contribution in [3.8, 4) is 0 Å². The minimum atomic E-state index is -0.559. The van der Waals surface area contributed by atoms with Gasteiger partial charge >= 0.3 is 0 Å². The molecule has 1 N–H and O–H groups in total. The molecule has 3 atom stereocenters. The molecule has 3 unspecified atom stereocenters. The van der Waals surface area contributed by atoms with Gasteiger partial charge in [0.1, 0.15) is 5.60 Å². The van der Waals surface area contributed by atoms with Crippen LogP contribution in [0.2, 0.25) is 0 Å². The summed E-state index contributed by atoms with van der Waals surface area (Å²) in [6.45, 7) is 8.48. The van der Waals surface area contributed by atoms with Gasteiger partial charge in [-0.3, -0.25) is 4.79 Å². The van der Waals surface area contributed by atoms with Crippen LogP contribution in [0.15, 0.2) is 0 Å². The average molecular weight is 226 g/mol. The maximum Gasteiger partial charge on any atom is 0.254 e. The Hall–Kier alpha value is -0.610. The van der Waals surface area contributed by atoms with Crippen LogP contribution in [0.1, 0.15) is 33.6 Å². The van der Waals surface area contributed by atoms with Crippen LogP contribution in [0.25, 0.3) is 0 Å². The molecule has 0 bridgehead atoms. The summed E-state index contributed by atoms with van der Waals surface area (Å²) in [4.78, 5) is 14.3. The number of piperazine rings is 1. The lowest BCUT2D eigenvalue weighted by atomic mass is 9.99. The van der Waals surface area contributed by atoms with Gasteiger partial charge in [0.05, 0.1) is 0 Å². The van der Waals surface area contributed by atoms with Gasteiger partial charge in [-0.25, -0.2) is 0 Å². The Kier molecular flexibility index (Phi) is 3.22. The van der Waals surface area contributed by atoms with Crippen LogP contribution in [0.4, 0.5) is 0 Å². The molecule has 0 aromatic rings. The second kappa shape index (κ2) is 4.34. The molecular formula is C12H22N2O2. The summed E-state index contributed by atoms with van der Waals surface area (Å²) in [6.07, 6.45) is 1.86. The van der Waals surface area contributed by atoms with Gasteiger partial charge in [-0.2, -0.15) is 0 Å². The first-order valence-electron chi connectivity index (χ1n) is 6.21. The molecule has 0 aromatic carbocycles. The molecule has 0 radical (unpaired) electrons. The Morgan fingerprint density at radius 3 is 2.50 bits per heavy atom. The standard InChI is InChI=1S/C12H22N2O2/c1-9-7-14(8-10(2)13-9)11(15)12(3)5-4-6-16-12/h9-10,13H,4-8H2,1-3H3. The fraction of sp³-hybridized carbons (Fsp3) is 0.917. The van der Waals surface area contributed by atoms with Crippen LogP contribution in [0.5, 0.6) is 0 Å². The van der Waals surface area contributed by atoms with E-state index in [9.17, 15) is 4.79 Å².